The number of fused-ring (bicyclic) bond motifs is 11. The molecule has 6 saturated carbocycles. The third-order valence-electron chi connectivity index (χ3n) is 11.7. The van der Waals surface area contributed by atoms with Gasteiger partial charge in [-0.3, -0.25) is 0 Å². The second-order valence-electron chi connectivity index (χ2n) is 13.9. The third-order valence-corrected chi connectivity index (χ3v) is 11.7. The van der Waals surface area contributed by atoms with Gasteiger partial charge in [0.1, 0.15) is 5.75 Å². The lowest BCUT2D eigenvalue weighted by atomic mass is 9.70. The molecule has 12 atom stereocenters. The second-order valence-corrected chi connectivity index (χ2v) is 13.9. The average Bonchev–Trinajstić information content (AvgIpc) is 3.78. The van der Waals surface area contributed by atoms with Crippen LogP contribution >= 0.6 is 0 Å². The van der Waals surface area contributed by atoms with E-state index in [9.17, 15) is 0 Å². The first-order valence-electron chi connectivity index (χ1n) is 17.0. The molecule has 12 unspecified atom stereocenters. The van der Waals surface area contributed by atoms with E-state index in [1.807, 2.05) is 13.8 Å². The highest BCUT2D eigenvalue weighted by Gasteiger charge is 2.62. The van der Waals surface area contributed by atoms with Crippen molar-refractivity contribution >= 4 is 0 Å². The average molecular weight is 523 g/mol. The van der Waals surface area contributed by atoms with Gasteiger partial charge in [-0.1, -0.05) is 66.5 Å². The molecule has 6 aliphatic carbocycles. The molecular formula is C36H58O2. The van der Waals surface area contributed by atoms with E-state index in [4.69, 9.17) is 9.47 Å². The van der Waals surface area contributed by atoms with E-state index in [1.54, 1.807) is 6.42 Å². The van der Waals surface area contributed by atoms with Crippen molar-refractivity contribution < 1.29 is 9.47 Å². The summed E-state index contributed by atoms with van der Waals surface area (Å²) in [6.45, 7) is 12.8. The summed E-state index contributed by atoms with van der Waals surface area (Å²) in [5.74, 6) is 10.3. The van der Waals surface area contributed by atoms with E-state index < -0.39 is 0 Å². The molecule has 1 aromatic carbocycles. The molecule has 0 spiro atoms. The Morgan fingerprint density at radius 3 is 2.08 bits per heavy atom. The molecule has 0 amide bonds. The van der Waals surface area contributed by atoms with Gasteiger partial charge in [0, 0.05) is 6.42 Å². The predicted molar refractivity (Wildman–Crippen MR) is 159 cm³/mol. The molecule has 1 aromatic rings. The van der Waals surface area contributed by atoms with Gasteiger partial charge in [0.15, 0.2) is 6.29 Å². The molecule has 38 heavy (non-hydrogen) atoms. The Morgan fingerprint density at radius 1 is 0.763 bits per heavy atom. The third kappa shape index (κ3) is 5.59. The van der Waals surface area contributed by atoms with Crippen LogP contribution in [0.4, 0.5) is 0 Å². The van der Waals surface area contributed by atoms with Gasteiger partial charge in [-0.15, -0.1) is 0 Å². The molecule has 6 bridgehead atoms. The van der Waals surface area contributed by atoms with Crippen molar-refractivity contribution in [2.75, 3.05) is 0 Å². The van der Waals surface area contributed by atoms with Crippen LogP contribution in [0.25, 0.3) is 0 Å². The van der Waals surface area contributed by atoms with E-state index >= 15 is 0 Å². The van der Waals surface area contributed by atoms with Crippen LogP contribution in [0, 0.1) is 53.3 Å². The lowest BCUT2D eigenvalue weighted by Gasteiger charge is -2.40. The van der Waals surface area contributed by atoms with E-state index in [-0.39, 0.29) is 6.29 Å². The van der Waals surface area contributed by atoms with Crippen molar-refractivity contribution in [1.82, 2.24) is 0 Å². The van der Waals surface area contributed by atoms with Gasteiger partial charge >= 0.3 is 0 Å². The Balaban J connectivity index is 0.000000552. The number of rotatable bonds is 8. The Morgan fingerprint density at radius 2 is 1.45 bits per heavy atom. The monoisotopic (exact) mass is 522 g/mol. The van der Waals surface area contributed by atoms with Gasteiger partial charge in [0.25, 0.3) is 0 Å². The van der Waals surface area contributed by atoms with Crippen LogP contribution in [-0.2, 0) is 4.74 Å². The van der Waals surface area contributed by atoms with Crippen molar-refractivity contribution in [3.05, 3.63) is 29.8 Å². The molecule has 6 aliphatic rings. The van der Waals surface area contributed by atoms with Crippen LogP contribution in [0.3, 0.4) is 0 Å². The first-order chi connectivity index (χ1) is 18.6. The Labute approximate surface area is 235 Å². The smallest absolute Gasteiger partial charge is 0.200 e. The summed E-state index contributed by atoms with van der Waals surface area (Å²) in [5, 5.41) is 0. The zero-order valence-corrected chi connectivity index (χ0v) is 25.5. The summed E-state index contributed by atoms with van der Waals surface area (Å²) in [6.07, 6.45) is 17.1. The molecule has 6 fully saturated rings. The van der Waals surface area contributed by atoms with E-state index in [0.29, 0.717) is 12.0 Å². The van der Waals surface area contributed by atoms with Gasteiger partial charge in [-0.05, 0) is 135 Å². The molecule has 0 N–H and O–H groups in total. The van der Waals surface area contributed by atoms with Gasteiger partial charge < -0.3 is 9.47 Å². The molecule has 2 heteroatoms. The van der Waals surface area contributed by atoms with Gasteiger partial charge in [-0.25, -0.2) is 0 Å². The highest BCUT2D eigenvalue weighted by Crippen LogP contribution is 2.68. The van der Waals surface area contributed by atoms with E-state index in [1.165, 1.54) is 69.8 Å². The number of hydrogen-bond acceptors (Lipinski definition) is 2. The molecule has 0 aliphatic heterocycles. The largest absolute Gasteiger partial charge is 0.465 e. The van der Waals surface area contributed by atoms with Crippen molar-refractivity contribution in [2.45, 2.75) is 137 Å². The molecular weight excluding hydrogens is 464 g/mol. The summed E-state index contributed by atoms with van der Waals surface area (Å²) in [4.78, 5) is 0. The lowest BCUT2D eigenvalue weighted by Crippen LogP contribution is -2.40. The summed E-state index contributed by atoms with van der Waals surface area (Å²) in [6, 6.07) is 8.95. The van der Waals surface area contributed by atoms with E-state index in [2.05, 4.69) is 52.0 Å². The lowest BCUT2D eigenvalue weighted by molar-refractivity contribution is -0.157. The minimum absolute atomic E-state index is 0.0508. The molecule has 0 saturated heterocycles. The Kier molecular flexibility index (Phi) is 9.49. The summed E-state index contributed by atoms with van der Waals surface area (Å²) in [5.41, 5.74) is 1.42. The first kappa shape index (κ1) is 28.5. The molecule has 0 aromatic heterocycles. The Hall–Kier alpha value is -1.02. The minimum atomic E-state index is -0.0508. The first-order valence-corrected chi connectivity index (χ1v) is 17.0. The molecule has 0 radical (unpaired) electrons. The van der Waals surface area contributed by atoms with Crippen LogP contribution in [0.1, 0.15) is 130 Å². The van der Waals surface area contributed by atoms with Gasteiger partial charge in [0.05, 0.1) is 6.10 Å². The highest BCUT2D eigenvalue weighted by atomic mass is 16.7. The van der Waals surface area contributed by atoms with Crippen molar-refractivity contribution in [1.29, 1.82) is 0 Å². The topological polar surface area (TPSA) is 18.5 Å². The normalized spacial score (nSPS) is 40.7. The van der Waals surface area contributed by atoms with Crippen molar-refractivity contribution in [3.63, 3.8) is 0 Å². The maximum absolute atomic E-state index is 7.01. The van der Waals surface area contributed by atoms with Crippen LogP contribution in [0.2, 0.25) is 0 Å². The zero-order valence-electron chi connectivity index (χ0n) is 25.5. The maximum Gasteiger partial charge on any atom is 0.200 e. The SMILES string of the molecule is CC.CCC.CCC(C)c1ccc(OC(CC2CC3CCC2C3)OC2CC3CC2C2C4CCC(C4)C32)cc1. The number of benzene rings is 1. The Bertz CT molecular complexity index is 863. The van der Waals surface area contributed by atoms with Crippen LogP contribution in [-0.4, -0.2) is 12.4 Å². The maximum atomic E-state index is 7.01. The fourth-order valence-corrected chi connectivity index (χ4v) is 10.2. The summed E-state index contributed by atoms with van der Waals surface area (Å²) < 4.78 is 13.7. The van der Waals surface area contributed by atoms with Gasteiger partial charge in [-0.2, -0.15) is 0 Å². The van der Waals surface area contributed by atoms with Crippen LogP contribution in [0.15, 0.2) is 24.3 Å². The fraction of sp³-hybridized carbons (Fsp3) is 0.833. The number of hydrogen-bond donors (Lipinski definition) is 0. The zero-order chi connectivity index (χ0) is 26.8. The molecule has 0 heterocycles. The number of ether oxygens (including phenoxy) is 2. The minimum Gasteiger partial charge on any atom is -0.465 e. The quantitative estimate of drug-likeness (QED) is 0.250. The summed E-state index contributed by atoms with van der Waals surface area (Å²) >= 11 is 0. The standard InChI is InChI=1S/C31H44O2.C3H8.C2H6/c1-3-18(2)20-8-10-26(11-9-20)32-29(17-24-13-19-4-5-21(24)12-19)33-28-16-25-15-27(28)31-23-7-6-22(14-23)30(25)31;1-3-2;1-2/h8-11,18-19,21-25,27-31H,3-7,12-17H2,1-2H3;3H2,1-2H3;1-2H3. The molecule has 7 rings (SSSR count). The molecule has 214 valence electrons. The van der Waals surface area contributed by atoms with E-state index in [0.717, 1.165) is 65.4 Å². The van der Waals surface area contributed by atoms with Crippen molar-refractivity contribution in [3.8, 4) is 5.75 Å². The molecule has 2 nitrogen and oxygen atoms in total. The second kappa shape index (κ2) is 12.7. The van der Waals surface area contributed by atoms with Crippen LogP contribution in [0.5, 0.6) is 5.75 Å². The van der Waals surface area contributed by atoms with Crippen LogP contribution < -0.4 is 4.74 Å². The summed E-state index contributed by atoms with van der Waals surface area (Å²) in [7, 11) is 0. The van der Waals surface area contributed by atoms with Gasteiger partial charge in [0.2, 0.25) is 0 Å². The predicted octanol–water partition coefficient (Wildman–Crippen LogP) is 10.3. The van der Waals surface area contributed by atoms with Crippen molar-refractivity contribution in [2.24, 2.45) is 53.3 Å². The highest BCUT2D eigenvalue weighted by molar-refractivity contribution is 5.29. The fourth-order valence-electron chi connectivity index (χ4n) is 10.2.